The molecule has 0 aliphatic carbocycles. The molecule has 0 fully saturated rings. The molecule has 0 saturated carbocycles. The highest BCUT2D eigenvalue weighted by Gasteiger charge is 1.91. The lowest BCUT2D eigenvalue weighted by Crippen LogP contribution is -2.00. The molecule has 17 heavy (non-hydrogen) atoms. The third-order valence-electron chi connectivity index (χ3n) is 2.28. The summed E-state index contributed by atoms with van der Waals surface area (Å²) in [7, 11) is 3.84. The third-order valence-corrected chi connectivity index (χ3v) is 2.28. The number of allylic oxidation sites excluding steroid dienone is 2. The summed E-state index contributed by atoms with van der Waals surface area (Å²) in [5.41, 5.74) is 1.20. The Kier molecular flexibility index (Phi) is 10.4. The molecule has 2 nitrogen and oxygen atoms in total. The Bertz CT molecular complexity index is 290. The molecule has 0 rings (SSSR count). The van der Waals surface area contributed by atoms with E-state index in [-0.39, 0.29) is 0 Å². The summed E-state index contributed by atoms with van der Waals surface area (Å²) in [4.78, 5) is 0. The molecule has 0 unspecified atom stereocenters. The molecule has 0 spiro atoms. The van der Waals surface area contributed by atoms with Crippen LogP contribution in [0, 0.1) is 11.8 Å². The van der Waals surface area contributed by atoms with Crippen LogP contribution in [0.3, 0.4) is 0 Å². The molecule has 96 valence electrons. The minimum Gasteiger partial charge on any atom is -0.303 e. The van der Waals surface area contributed by atoms with E-state index in [4.69, 9.17) is 0 Å². The van der Waals surface area contributed by atoms with Crippen LogP contribution in [0.15, 0.2) is 16.8 Å². The normalized spacial score (nSPS) is 11.4. The largest absolute Gasteiger partial charge is 0.303 e. The van der Waals surface area contributed by atoms with Crippen molar-refractivity contribution in [2.24, 2.45) is 5.10 Å². The van der Waals surface area contributed by atoms with Crippen LogP contribution in [0.5, 0.6) is 0 Å². The number of nitrogens with zero attached hydrogens (tertiary/aromatic N) is 2. The summed E-state index contributed by atoms with van der Waals surface area (Å²) in [5.74, 6) is 6.50. The van der Waals surface area contributed by atoms with Crippen LogP contribution >= 0.6 is 0 Å². The Morgan fingerprint density at radius 3 is 2.47 bits per heavy atom. The van der Waals surface area contributed by atoms with E-state index in [2.05, 4.69) is 30.8 Å². The van der Waals surface area contributed by atoms with Crippen molar-refractivity contribution >= 4 is 6.21 Å². The van der Waals surface area contributed by atoms with Crippen molar-refractivity contribution in [1.82, 2.24) is 5.01 Å². The third kappa shape index (κ3) is 11.0. The topological polar surface area (TPSA) is 15.6 Å². The first-order valence-electron chi connectivity index (χ1n) is 6.60. The second kappa shape index (κ2) is 11.3. The smallest absolute Gasteiger partial charge is 0.0479 e. The minimum absolute atomic E-state index is 1.00. The summed E-state index contributed by atoms with van der Waals surface area (Å²) in [5, 5.41) is 5.97. The lowest BCUT2D eigenvalue weighted by molar-refractivity contribution is 0.440. The highest BCUT2D eigenvalue weighted by molar-refractivity contribution is 5.73. The summed E-state index contributed by atoms with van der Waals surface area (Å²) in [6.07, 6.45) is 10.8. The first-order chi connectivity index (χ1) is 8.20. The molecule has 0 bridgehead atoms. The first-order valence-corrected chi connectivity index (χ1v) is 6.60. The lowest BCUT2D eigenvalue weighted by atomic mass is 10.1. The predicted octanol–water partition coefficient (Wildman–Crippen LogP) is 3.84. The summed E-state index contributed by atoms with van der Waals surface area (Å²) in [6, 6.07) is 0. The second-order valence-electron chi connectivity index (χ2n) is 4.31. The maximum absolute atomic E-state index is 4.18. The second-order valence-corrected chi connectivity index (χ2v) is 4.31. The van der Waals surface area contributed by atoms with Crippen molar-refractivity contribution in [1.29, 1.82) is 0 Å². The minimum atomic E-state index is 1.00. The molecule has 0 aromatic heterocycles. The van der Waals surface area contributed by atoms with E-state index in [0.717, 1.165) is 12.8 Å². The highest BCUT2D eigenvalue weighted by atomic mass is 15.4. The molecular formula is C15H26N2. The van der Waals surface area contributed by atoms with E-state index < -0.39 is 0 Å². The van der Waals surface area contributed by atoms with Crippen LogP contribution in [0.1, 0.15) is 52.4 Å². The Hall–Kier alpha value is -1.23. The van der Waals surface area contributed by atoms with Crippen LogP contribution in [-0.2, 0) is 0 Å². The van der Waals surface area contributed by atoms with E-state index >= 15 is 0 Å². The predicted molar refractivity (Wildman–Crippen MR) is 77.1 cm³/mol. The zero-order valence-electron chi connectivity index (χ0n) is 11.8. The van der Waals surface area contributed by atoms with Gasteiger partial charge in [0.2, 0.25) is 0 Å². The van der Waals surface area contributed by atoms with Gasteiger partial charge >= 0.3 is 0 Å². The molecule has 0 aliphatic heterocycles. The van der Waals surface area contributed by atoms with Gasteiger partial charge in [-0.05, 0) is 25.3 Å². The fourth-order valence-electron chi connectivity index (χ4n) is 1.25. The average molecular weight is 234 g/mol. The van der Waals surface area contributed by atoms with Crippen molar-refractivity contribution in [3.8, 4) is 11.8 Å². The molecule has 0 aromatic rings. The number of unbranched alkanes of at least 4 members (excludes halogenated alkanes) is 3. The molecule has 0 aromatic carbocycles. The molecule has 0 atom stereocenters. The number of hydrogen-bond acceptors (Lipinski definition) is 2. The summed E-state index contributed by atoms with van der Waals surface area (Å²) < 4.78 is 0. The fraction of sp³-hybridized carbons (Fsp3) is 0.667. The number of rotatable bonds is 7. The maximum Gasteiger partial charge on any atom is 0.0479 e. The van der Waals surface area contributed by atoms with Crippen LogP contribution < -0.4 is 0 Å². The van der Waals surface area contributed by atoms with Gasteiger partial charge in [0, 0.05) is 32.3 Å². The van der Waals surface area contributed by atoms with Gasteiger partial charge in [-0.3, -0.25) is 0 Å². The van der Waals surface area contributed by atoms with Gasteiger partial charge < -0.3 is 5.01 Å². The molecule has 0 N–H and O–H groups in total. The van der Waals surface area contributed by atoms with E-state index in [9.17, 15) is 0 Å². The standard InChI is InChI=1S/C15H26N2/c1-5-7-9-10-12-15(11-8-6-2)13-14-16-17(3)4/h13-14H,5-9,11H2,1-4H3/b15-13-,16-14+. The van der Waals surface area contributed by atoms with Crippen molar-refractivity contribution in [3.05, 3.63) is 11.6 Å². The van der Waals surface area contributed by atoms with E-state index in [1.54, 1.807) is 5.01 Å². The van der Waals surface area contributed by atoms with Gasteiger partial charge in [-0.15, -0.1) is 0 Å². The van der Waals surface area contributed by atoms with E-state index in [1.807, 2.05) is 26.4 Å². The highest BCUT2D eigenvalue weighted by Crippen LogP contribution is 2.05. The molecule has 0 heterocycles. The van der Waals surface area contributed by atoms with Crippen LogP contribution in [0.25, 0.3) is 0 Å². The van der Waals surface area contributed by atoms with Gasteiger partial charge in [0.15, 0.2) is 0 Å². The Labute approximate surface area is 107 Å². The number of hydrogen-bond donors (Lipinski definition) is 0. The summed E-state index contributed by atoms with van der Waals surface area (Å²) in [6.45, 7) is 4.40. The van der Waals surface area contributed by atoms with Gasteiger partial charge in [-0.1, -0.05) is 38.5 Å². The molecular weight excluding hydrogens is 208 g/mol. The monoisotopic (exact) mass is 234 g/mol. The zero-order chi connectivity index (χ0) is 12.9. The fourth-order valence-corrected chi connectivity index (χ4v) is 1.25. The molecule has 0 aliphatic rings. The van der Waals surface area contributed by atoms with Gasteiger partial charge in [0.1, 0.15) is 0 Å². The Morgan fingerprint density at radius 1 is 1.18 bits per heavy atom. The Balaban J connectivity index is 4.34. The van der Waals surface area contributed by atoms with Gasteiger partial charge in [-0.25, -0.2) is 0 Å². The molecule has 0 amide bonds. The van der Waals surface area contributed by atoms with Gasteiger partial charge in [0.05, 0.1) is 0 Å². The van der Waals surface area contributed by atoms with Crippen LogP contribution in [0.2, 0.25) is 0 Å². The van der Waals surface area contributed by atoms with Crippen molar-refractivity contribution in [2.45, 2.75) is 52.4 Å². The van der Waals surface area contributed by atoms with E-state index in [0.29, 0.717) is 0 Å². The van der Waals surface area contributed by atoms with Crippen molar-refractivity contribution in [3.63, 3.8) is 0 Å². The van der Waals surface area contributed by atoms with Crippen molar-refractivity contribution < 1.29 is 0 Å². The van der Waals surface area contributed by atoms with Gasteiger partial charge in [0.25, 0.3) is 0 Å². The zero-order valence-corrected chi connectivity index (χ0v) is 11.8. The SMILES string of the molecule is CCCCC#C/C(=C\C=N\N(C)C)CCCC. The Morgan fingerprint density at radius 2 is 1.88 bits per heavy atom. The molecule has 0 radical (unpaired) electrons. The molecule has 0 saturated heterocycles. The average Bonchev–Trinajstić information content (AvgIpc) is 2.30. The van der Waals surface area contributed by atoms with Crippen LogP contribution in [0.4, 0.5) is 0 Å². The van der Waals surface area contributed by atoms with E-state index in [1.165, 1.54) is 31.3 Å². The summed E-state index contributed by atoms with van der Waals surface area (Å²) >= 11 is 0. The first kappa shape index (κ1) is 15.8. The maximum atomic E-state index is 4.18. The molecule has 2 heteroatoms. The lowest BCUT2D eigenvalue weighted by Gasteiger charge is -2.01. The van der Waals surface area contributed by atoms with Crippen molar-refractivity contribution in [2.75, 3.05) is 14.1 Å². The number of hydrazone groups is 1. The van der Waals surface area contributed by atoms with Crippen LogP contribution in [-0.4, -0.2) is 25.3 Å². The quantitative estimate of drug-likeness (QED) is 0.283. The van der Waals surface area contributed by atoms with Gasteiger partial charge in [-0.2, -0.15) is 5.10 Å².